The number of fused-ring (bicyclic) bond motifs is 2. The molecule has 1 aliphatic heterocycles. The Morgan fingerprint density at radius 2 is 2.15 bits per heavy atom. The molecule has 0 atom stereocenters. The Hall–Kier alpha value is -2.56. The van der Waals surface area contributed by atoms with Gasteiger partial charge < -0.3 is 14.7 Å². The van der Waals surface area contributed by atoms with Crippen molar-refractivity contribution in [2.75, 3.05) is 5.32 Å². The third-order valence-electron chi connectivity index (χ3n) is 3.86. The number of H-pyrrole nitrogens is 1. The van der Waals surface area contributed by atoms with Gasteiger partial charge in [0.05, 0.1) is 22.7 Å². The van der Waals surface area contributed by atoms with Gasteiger partial charge in [-0.2, -0.15) is 0 Å². The molecule has 5 nitrogen and oxygen atoms in total. The number of nitrogens with zero attached hydrogens (tertiary/aromatic N) is 1. The van der Waals surface area contributed by atoms with Crippen molar-refractivity contribution in [2.45, 2.75) is 19.3 Å². The minimum absolute atomic E-state index is 0.0198. The number of hydrogen-bond acceptors (Lipinski definition) is 3. The first kappa shape index (κ1) is 11.3. The first-order chi connectivity index (χ1) is 9.55. The Bertz CT molecular complexity index is 828. The highest BCUT2D eigenvalue weighted by atomic mass is 16.3. The molecule has 1 aromatic carbocycles. The molecule has 0 fully saturated rings. The number of aromatic amines is 1. The number of amides is 1. The highest BCUT2D eigenvalue weighted by Gasteiger charge is 2.38. The fraction of sp³-hybridized carbons (Fsp3) is 0.200. The summed E-state index contributed by atoms with van der Waals surface area (Å²) in [6.45, 7) is 3.84. The third-order valence-corrected chi connectivity index (χ3v) is 3.86. The molecule has 2 aromatic heterocycles. The zero-order valence-corrected chi connectivity index (χ0v) is 11.2. The van der Waals surface area contributed by atoms with Crippen molar-refractivity contribution < 1.29 is 9.21 Å². The largest absolute Gasteiger partial charge is 0.461 e. The molecule has 1 aliphatic rings. The molecule has 0 radical (unpaired) electrons. The second kappa shape index (κ2) is 3.50. The van der Waals surface area contributed by atoms with Crippen LogP contribution in [0.2, 0.25) is 0 Å². The monoisotopic (exact) mass is 267 g/mol. The number of rotatable bonds is 1. The highest BCUT2D eigenvalue weighted by Crippen LogP contribution is 2.39. The van der Waals surface area contributed by atoms with E-state index in [-0.39, 0.29) is 5.91 Å². The van der Waals surface area contributed by atoms with E-state index in [1.165, 1.54) is 0 Å². The Kier molecular flexibility index (Phi) is 1.98. The van der Waals surface area contributed by atoms with E-state index in [1.54, 1.807) is 6.26 Å². The van der Waals surface area contributed by atoms with Crippen molar-refractivity contribution >= 4 is 22.6 Å². The van der Waals surface area contributed by atoms with Gasteiger partial charge in [-0.05, 0) is 43.7 Å². The van der Waals surface area contributed by atoms with Crippen LogP contribution in [0.25, 0.3) is 22.6 Å². The molecular formula is C15H13N3O2. The molecule has 100 valence electrons. The van der Waals surface area contributed by atoms with Gasteiger partial charge >= 0.3 is 0 Å². The number of nitrogens with one attached hydrogen (secondary N) is 2. The van der Waals surface area contributed by atoms with E-state index in [4.69, 9.17) is 4.42 Å². The van der Waals surface area contributed by atoms with E-state index in [2.05, 4.69) is 15.3 Å². The number of imidazole rings is 1. The lowest BCUT2D eigenvalue weighted by molar-refractivity contribution is -0.119. The maximum absolute atomic E-state index is 12.0. The van der Waals surface area contributed by atoms with Gasteiger partial charge in [0.15, 0.2) is 11.6 Å². The minimum atomic E-state index is -0.514. The average molecular weight is 267 g/mol. The number of benzene rings is 1. The van der Waals surface area contributed by atoms with Crippen molar-refractivity contribution in [3.63, 3.8) is 0 Å². The first-order valence-electron chi connectivity index (χ1n) is 6.45. The summed E-state index contributed by atoms with van der Waals surface area (Å²) in [5.41, 5.74) is 3.03. The summed E-state index contributed by atoms with van der Waals surface area (Å²) in [7, 11) is 0. The maximum atomic E-state index is 12.0. The molecule has 5 heteroatoms. The normalized spacial score (nSPS) is 16.4. The summed E-state index contributed by atoms with van der Waals surface area (Å²) in [4.78, 5) is 19.7. The molecule has 3 heterocycles. The topological polar surface area (TPSA) is 70.9 Å². The van der Waals surface area contributed by atoms with Crippen LogP contribution in [-0.2, 0) is 10.2 Å². The molecule has 4 rings (SSSR count). The Balaban J connectivity index is 1.93. The highest BCUT2D eigenvalue weighted by molar-refractivity contribution is 6.07. The molecule has 3 aromatic rings. The molecule has 0 spiro atoms. The minimum Gasteiger partial charge on any atom is -0.461 e. The molecule has 0 saturated carbocycles. The van der Waals surface area contributed by atoms with E-state index in [9.17, 15) is 4.79 Å². The summed E-state index contributed by atoms with van der Waals surface area (Å²) in [5, 5.41) is 2.91. The van der Waals surface area contributed by atoms with Crippen LogP contribution >= 0.6 is 0 Å². The zero-order chi connectivity index (χ0) is 13.9. The number of carbonyl (C=O) groups is 1. The predicted molar refractivity (Wildman–Crippen MR) is 75.5 cm³/mol. The third kappa shape index (κ3) is 1.37. The van der Waals surface area contributed by atoms with Crippen molar-refractivity contribution in [3.05, 3.63) is 36.1 Å². The quantitative estimate of drug-likeness (QED) is 0.711. The van der Waals surface area contributed by atoms with Gasteiger partial charge in [0, 0.05) is 5.69 Å². The number of carbonyl (C=O) groups excluding carboxylic acids is 1. The maximum Gasteiger partial charge on any atom is 0.234 e. The fourth-order valence-electron chi connectivity index (χ4n) is 2.61. The molecule has 0 unspecified atom stereocenters. The van der Waals surface area contributed by atoms with Crippen LogP contribution in [0.3, 0.4) is 0 Å². The lowest BCUT2D eigenvalue weighted by Gasteiger charge is -2.14. The molecule has 2 N–H and O–H groups in total. The van der Waals surface area contributed by atoms with Gasteiger partial charge in [-0.25, -0.2) is 4.98 Å². The number of hydrogen-bond donors (Lipinski definition) is 2. The van der Waals surface area contributed by atoms with E-state index in [1.807, 2.05) is 38.1 Å². The van der Waals surface area contributed by atoms with Crippen LogP contribution in [0.1, 0.15) is 19.4 Å². The Morgan fingerprint density at radius 1 is 1.30 bits per heavy atom. The van der Waals surface area contributed by atoms with E-state index in [0.29, 0.717) is 11.6 Å². The smallest absolute Gasteiger partial charge is 0.234 e. The predicted octanol–water partition coefficient (Wildman–Crippen LogP) is 3.05. The molecule has 20 heavy (non-hydrogen) atoms. The second-order valence-corrected chi connectivity index (χ2v) is 5.56. The first-order valence-corrected chi connectivity index (χ1v) is 6.45. The molecule has 0 aliphatic carbocycles. The number of aromatic nitrogens is 2. The zero-order valence-electron chi connectivity index (χ0n) is 11.2. The van der Waals surface area contributed by atoms with Gasteiger partial charge in [0.1, 0.15) is 0 Å². The second-order valence-electron chi connectivity index (χ2n) is 5.56. The van der Waals surface area contributed by atoms with Gasteiger partial charge in [-0.1, -0.05) is 0 Å². The van der Waals surface area contributed by atoms with Crippen LogP contribution in [0.5, 0.6) is 0 Å². The van der Waals surface area contributed by atoms with E-state index >= 15 is 0 Å². The van der Waals surface area contributed by atoms with Gasteiger partial charge in [0.2, 0.25) is 5.91 Å². The van der Waals surface area contributed by atoms with Crippen molar-refractivity contribution in [2.24, 2.45) is 0 Å². The van der Waals surface area contributed by atoms with Gasteiger partial charge in [0.25, 0.3) is 0 Å². The summed E-state index contributed by atoms with van der Waals surface area (Å²) in [5.74, 6) is 1.41. The van der Waals surface area contributed by atoms with Gasteiger partial charge in [-0.15, -0.1) is 0 Å². The van der Waals surface area contributed by atoms with Crippen LogP contribution in [0, 0.1) is 0 Å². The summed E-state index contributed by atoms with van der Waals surface area (Å²) < 4.78 is 5.34. The molecule has 1 amide bonds. The molecular weight excluding hydrogens is 254 g/mol. The lowest BCUT2D eigenvalue weighted by atomic mass is 9.86. The summed E-state index contributed by atoms with van der Waals surface area (Å²) in [6.07, 6.45) is 1.62. The molecule has 0 saturated heterocycles. The van der Waals surface area contributed by atoms with Crippen LogP contribution in [0.15, 0.2) is 34.9 Å². The summed E-state index contributed by atoms with van der Waals surface area (Å²) >= 11 is 0. The van der Waals surface area contributed by atoms with Crippen molar-refractivity contribution in [3.8, 4) is 11.6 Å². The Morgan fingerprint density at radius 3 is 2.90 bits per heavy atom. The Labute approximate surface area is 115 Å². The van der Waals surface area contributed by atoms with Gasteiger partial charge in [-0.3, -0.25) is 4.79 Å². The summed E-state index contributed by atoms with van der Waals surface area (Å²) in [6, 6.07) is 7.57. The van der Waals surface area contributed by atoms with E-state index in [0.717, 1.165) is 22.3 Å². The van der Waals surface area contributed by atoms with Crippen LogP contribution in [0.4, 0.5) is 5.69 Å². The van der Waals surface area contributed by atoms with Crippen LogP contribution in [-0.4, -0.2) is 15.9 Å². The van der Waals surface area contributed by atoms with E-state index < -0.39 is 5.41 Å². The standard InChI is InChI=1S/C15H13N3O2/c1-15(2)8-6-10-11(7-9(8)18-14(15)19)17-13(16-10)12-4-3-5-20-12/h3-7H,1-2H3,(H,16,17)(H,18,19). The number of anilines is 1. The van der Waals surface area contributed by atoms with Crippen molar-refractivity contribution in [1.29, 1.82) is 0 Å². The average Bonchev–Trinajstić information content (AvgIpc) is 3.08. The lowest BCUT2D eigenvalue weighted by Crippen LogP contribution is -2.26. The SMILES string of the molecule is CC1(C)C(=O)Nc2cc3nc(-c4ccco4)[nH]c3cc21. The molecule has 0 bridgehead atoms. The van der Waals surface area contributed by atoms with Crippen LogP contribution < -0.4 is 5.32 Å². The number of furan rings is 1. The van der Waals surface area contributed by atoms with Crippen molar-refractivity contribution in [1.82, 2.24) is 9.97 Å². The fourth-order valence-corrected chi connectivity index (χ4v) is 2.61.